The lowest BCUT2D eigenvalue weighted by Crippen LogP contribution is -2.37. The minimum absolute atomic E-state index is 0.0495. The summed E-state index contributed by atoms with van der Waals surface area (Å²) in [5.74, 6) is -0.445. The Morgan fingerprint density at radius 3 is 2.39 bits per heavy atom. The first-order valence-corrected chi connectivity index (χ1v) is 7.66. The van der Waals surface area contributed by atoms with Crippen molar-refractivity contribution in [3.8, 4) is 0 Å². The van der Waals surface area contributed by atoms with Crippen LogP contribution in [-0.4, -0.2) is 18.4 Å². The van der Waals surface area contributed by atoms with Gasteiger partial charge in [-0.1, -0.05) is 29.8 Å². The Morgan fingerprint density at radius 1 is 1.09 bits per heavy atom. The molecule has 4 nitrogen and oxygen atoms in total. The minimum Gasteiger partial charge on any atom is -0.324 e. The van der Waals surface area contributed by atoms with Crippen LogP contribution in [0.5, 0.6) is 0 Å². The average molecular weight is 331 g/mol. The standard InChI is InChI=1S/C18H19ClN2O2/c1-12-6-4-5-7-16(12)20-18(23)11-21(14(3)22)17-9-8-15(19)10-13(17)2/h4-10H,11H2,1-3H3,(H,20,23). The summed E-state index contributed by atoms with van der Waals surface area (Å²) in [6.07, 6.45) is 0. The lowest BCUT2D eigenvalue weighted by Gasteiger charge is -2.23. The summed E-state index contributed by atoms with van der Waals surface area (Å²) in [7, 11) is 0. The topological polar surface area (TPSA) is 49.4 Å². The number of nitrogens with one attached hydrogen (secondary N) is 1. The second-order valence-electron chi connectivity index (χ2n) is 5.40. The highest BCUT2D eigenvalue weighted by molar-refractivity contribution is 6.30. The summed E-state index contributed by atoms with van der Waals surface area (Å²) < 4.78 is 0. The van der Waals surface area contributed by atoms with Gasteiger partial charge in [-0.05, 0) is 49.2 Å². The van der Waals surface area contributed by atoms with E-state index in [4.69, 9.17) is 11.6 Å². The Morgan fingerprint density at radius 2 is 1.78 bits per heavy atom. The summed E-state index contributed by atoms with van der Waals surface area (Å²) in [6.45, 7) is 5.17. The molecular weight excluding hydrogens is 312 g/mol. The lowest BCUT2D eigenvalue weighted by molar-refractivity contribution is -0.120. The molecule has 0 aliphatic heterocycles. The van der Waals surface area contributed by atoms with Gasteiger partial charge in [0.25, 0.3) is 0 Å². The molecule has 0 atom stereocenters. The van der Waals surface area contributed by atoms with Gasteiger partial charge in [-0.3, -0.25) is 9.59 Å². The zero-order valence-corrected chi connectivity index (χ0v) is 14.1. The molecule has 0 radical (unpaired) electrons. The van der Waals surface area contributed by atoms with E-state index in [0.29, 0.717) is 10.7 Å². The number of aryl methyl sites for hydroxylation is 2. The molecule has 120 valence electrons. The molecule has 0 saturated heterocycles. The predicted molar refractivity (Wildman–Crippen MR) is 94.0 cm³/mol. The molecule has 23 heavy (non-hydrogen) atoms. The van der Waals surface area contributed by atoms with Gasteiger partial charge < -0.3 is 10.2 Å². The van der Waals surface area contributed by atoms with Gasteiger partial charge in [-0.2, -0.15) is 0 Å². The number of nitrogens with zero attached hydrogens (tertiary/aromatic N) is 1. The number of carbonyl (C=O) groups is 2. The fourth-order valence-electron chi connectivity index (χ4n) is 2.33. The third kappa shape index (κ3) is 4.33. The molecule has 0 heterocycles. The molecule has 2 amide bonds. The fraction of sp³-hybridized carbons (Fsp3) is 0.222. The zero-order valence-electron chi connectivity index (χ0n) is 13.4. The number of carbonyl (C=O) groups excluding carboxylic acids is 2. The van der Waals surface area contributed by atoms with Crippen molar-refractivity contribution in [3.63, 3.8) is 0 Å². The van der Waals surface area contributed by atoms with Gasteiger partial charge in [0.15, 0.2) is 0 Å². The summed E-state index contributed by atoms with van der Waals surface area (Å²) in [6, 6.07) is 12.7. The van der Waals surface area contributed by atoms with Crippen LogP contribution < -0.4 is 10.2 Å². The van der Waals surface area contributed by atoms with E-state index in [1.807, 2.05) is 38.1 Å². The molecule has 2 aromatic carbocycles. The van der Waals surface area contributed by atoms with Gasteiger partial charge in [-0.15, -0.1) is 0 Å². The van der Waals surface area contributed by atoms with Crippen LogP contribution in [0, 0.1) is 13.8 Å². The van der Waals surface area contributed by atoms with Crippen molar-refractivity contribution < 1.29 is 9.59 Å². The number of para-hydroxylation sites is 1. The second-order valence-corrected chi connectivity index (χ2v) is 5.84. The Kier molecular flexibility index (Phi) is 5.40. The number of hydrogen-bond donors (Lipinski definition) is 1. The maximum absolute atomic E-state index is 12.3. The van der Waals surface area contributed by atoms with E-state index in [0.717, 1.165) is 16.8 Å². The van der Waals surface area contributed by atoms with Gasteiger partial charge in [0.1, 0.15) is 6.54 Å². The normalized spacial score (nSPS) is 10.3. The Labute approximate surface area is 141 Å². The molecule has 2 aromatic rings. The number of benzene rings is 2. The highest BCUT2D eigenvalue weighted by atomic mass is 35.5. The Bertz CT molecular complexity index is 744. The summed E-state index contributed by atoms with van der Waals surface area (Å²) in [5.41, 5.74) is 3.24. The van der Waals surface area contributed by atoms with Crippen LogP contribution in [0.3, 0.4) is 0 Å². The SMILES string of the molecule is CC(=O)N(CC(=O)Nc1ccccc1C)c1ccc(Cl)cc1C. The van der Waals surface area contributed by atoms with E-state index in [2.05, 4.69) is 5.32 Å². The first-order valence-electron chi connectivity index (χ1n) is 7.28. The summed E-state index contributed by atoms with van der Waals surface area (Å²) >= 11 is 5.95. The number of anilines is 2. The molecule has 0 aliphatic carbocycles. The van der Waals surface area contributed by atoms with Gasteiger partial charge in [0.2, 0.25) is 11.8 Å². The minimum atomic E-state index is -0.246. The quantitative estimate of drug-likeness (QED) is 0.922. The van der Waals surface area contributed by atoms with Crippen LogP contribution in [0.2, 0.25) is 5.02 Å². The van der Waals surface area contributed by atoms with Crippen LogP contribution in [0.4, 0.5) is 11.4 Å². The van der Waals surface area contributed by atoms with E-state index >= 15 is 0 Å². The van der Waals surface area contributed by atoms with E-state index < -0.39 is 0 Å². The van der Waals surface area contributed by atoms with Crippen LogP contribution in [0.15, 0.2) is 42.5 Å². The van der Waals surface area contributed by atoms with Crippen molar-refractivity contribution in [2.75, 3.05) is 16.8 Å². The van der Waals surface area contributed by atoms with E-state index in [-0.39, 0.29) is 18.4 Å². The van der Waals surface area contributed by atoms with Crippen molar-refractivity contribution in [1.29, 1.82) is 0 Å². The number of halogens is 1. The van der Waals surface area contributed by atoms with Gasteiger partial charge in [0, 0.05) is 23.3 Å². The van der Waals surface area contributed by atoms with Crippen molar-refractivity contribution in [3.05, 3.63) is 58.6 Å². The van der Waals surface area contributed by atoms with Crippen molar-refractivity contribution in [1.82, 2.24) is 0 Å². The van der Waals surface area contributed by atoms with Gasteiger partial charge in [0.05, 0.1) is 0 Å². The fourth-order valence-corrected chi connectivity index (χ4v) is 2.56. The molecule has 5 heteroatoms. The zero-order chi connectivity index (χ0) is 17.0. The molecule has 0 unspecified atom stereocenters. The Balaban J connectivity index is 2.18. The third-order valence-corrected chi connectivity index (χ3v) is 3.79. The van der Waals surface area contributed by atoms with E-state index in [1.54, 1.807) is 18.2 Å². The molecule has 0 saturated carbocycles. The van der Waals surface area contributed by atoms with Crippen LogP contribution in [-0.2, 0) is 9.59 Å². The van der Waals surface area contributed by atoms with Crippen molar-refractivity contribution in [2.45, 2.75) is 20.8 Å². The first kappa shape index (κ1) is 17.0. The summed E-state index contributed by atoms with van der Waals surface area (Å²) in [5, 5.41) is 3.43. The smallest absolute Gasteiger partial charge is 0.244 e. The number of amides is 2. The van der Waals surface area contributed by atoms with Crippen LogP contribution in [0.25, 0.3) is 0 Å². The molecule has 0 aromatic heterocycles. The highest BCUT2D eigenvalue weighted by Crippen LogP contribution is 2.24. The van der Waals surface area contributed by atoms with Gasteiger partial charge in [-0.25, -0.2) is 0 Å². The van der Waals surface area contributed by atoms with Crippen LogP contribution in [0.1, 0.15) is 18.1 Å². The van der Waals surface area contributed by atoms with Crippen molar-refractivity contribution in [2.24, 2.45) is 0 Å². The molecule has 2 rings (SSSR count). The lowest BCUT2D eigenvalue weighted by atomic mass is 10.1. The van der Waals surface area contributed by atoms with E-state index in [9.17, 15) is 9.59 Å². The largest absolute Gasteiger partial charge is 0.324 e. The van der Waals surface area contributed by atoms with Crippen molar-refractivity contribution >= 4 is 34.8 Å². The second kappa shape index (κ2) is 7.29. The molecule has 0 fully saturated rings. The summed E-state index contributed by atoms with van der Waals surface area (Å²) in [4.78, 5) is 25.7. The molecule has 0 spiro atoms. The molecule has 0 aliphatic rings. The number of hydrogen-bond acceptors (Lipinski definition) is 2. The Hall–Kier alpha value is -2.33. The molecule has 1 N–H and O–H groups in total. The van der Waals surface area contributed by atoms with Crippen LogP contribution >= 0.6 is 11.6 Å². The van der Waals surface area contributed by atoms with E-state index in [1.165, 1.54) is 11.8 Å². The number of rotatable bonds is 4. The predicted octanol–water partition coefficient (Wildman–Crippen LogP) is 3.95. The third-order valence-electron chi connectivity index (χ3n) is 3.55. The first-order chi connectivity index (χ1) is 10.9. The highest BCUT2D eigenvalue weighted by Gasteiger charge is 2.18. The maximum atomic E-state index is 12.3. The molecule has 0 bridgehead atoms. The van der Waals surface area contributed by atoms with Gasteiger partial charge >= 0.3 is 0 Å². The monoisotopic (exact) mass is 330 g/mol. The molecular formula is C18H19ClN2O2. The average Bonchev–Trinajstić information content (AvgIpc) is 2.48. The maximum Gasteiger partial charge on any atom is 0.244 e.